The fourth-order valence-corrected chi connectivity index (χ4v) is 4.84. The summed E-state index contributed by atoms with van der Waals surface area (Å²) in [5, 5.41) is 0. The molecule has 8 heteroatoms. The number of nitrogens with one attached hydrogen (secondary N) is 2. The first-order valence-corrected chi connectivity index (χ1v) is 12.3. The fraction of sp³-hybridized carbons (Fsp3) is 0.182. The summed E-state index contributed by atoms with van der Waals surface area (Å²) in [6.07, 6.45) is 0. The molecule has 0 aliphatic heterocycles. The van der Waals surface area contributed by atoms with Crippen LogP contribution in [0.2, 0.25) is 0 Å². The first-order valence-electron chi connectivity index (χ1n) is 9.36. The smallest absolute Gasteiger partial charge is 0.207 e. The van der Waals surface area contributed by atoms with Crippen molar-refractivity contribution < 1.29 is 16.8 Å². The molecule has 0 aliphatic rings. The summed E-state index contributed by atoms with van der Waals surface area (Å²) in [7, 11) is -7.25. The second-order valence-electron chi connectivity index (χ2n) is 7.10. The van der Waals surface area contributed by atoms with Gasteiger partial charge in [-0.3, -0.25) is 0 Å². The largest absolute Gasteiger partial charge is 0.240 e. The monoisotopic (exact) mass is 444 g/mol. The van der Waals surface area contributed by atoms with Gasteiger partial charge in [0.15, 0.2) is 0 Å². The minimum absolute atomic E-state index is 0.106. The van der Waals surface area contributed by atoms with Crippen LogP contribution >= 0.6 is 0 Å². The molecule has 0 amide bonds. The van der Waals surface area contributed by atoms with E-state index in [4.69, 9.17) is 0 Å². The molecule has 0 saturated heterocycles. The molecule has 3 aromatic rings. The Kier molecular flexibility index (Phi) is 6.72. The Labute approximate surface area is 178 Å². The summed E-state index contributed by atoms with van der Waals surface area (Å²) in [6, 6.07) is 20.4. The standard InChI is InChI=1S/C22H24N2O4S2/c1-17-6-10-21(11-7-17)29(25,26)23-15-19-4-3-5-20(14-19)16-24-30(27,28)22-12-8-18(2)9-13-22/h3-14,23-24H,15-16H2,1-2H3. The van der Waals surface area contributed by atoms with E-state index in [2.05, 4.69) is 9.44 Å². The van der Waals surface area contributed by atoms with E-state index in [-0.39, 0.29) is 22.9 Å². The van der Waals surface area contributed by atoms with Gasteiger partial charge < -0.3 is 0 Å². The molecule has 0 saturated carbocycles. The Morgan fingerprint density at radius 3 is 1.33 bits per heavy atom. The average Bonchev–Trinajstić information content (AvgIpc) is 2.72. The van der Waals surface area contributed by atoms with Crippen LogP contribution in [-0.2, 0) is 33.1 Å². The second-order valence-corrected chi connectivity index (χ2v) is 10.6. The molecule has 0 spiro atoms. The molecule has 0 radical (unpaired) electrons. The van der Waals surface area contributed by atoms with E-state index >= 15 is 0 Å². The zero-order valence-corrected chi connectivity index (χ0v) is 18.4. The number of benzene rings is 3. The SMILES string of the molecule is Cc1ccc(S(=O)(=O)NCc2cccc(CNS(=O)(=O)c3ccc(C)cc3)c2)cc1. The Balaban J connectivity index is 1.64. The molecule has 6 nitrogen and oxygen atoms in total. The van der Waals surface area contributed by atoms with Crippen molar-refractivity contribution >= 4 is 20.0 Å². The fourth-order valence-electron chi connectivity index (χ4n) is 2.81. The highest BCUT2D eigenvalue weighted by Gasteiger charge is 2.15. The molecule has 0 aliphatic carbocycles. The predicted octanol–water partition coefficient (Wildman–Crippen LogP) is 3.26. The first kappa shape index (κ1) is 22.2. The maximum absolute atomic E-state index is 12.4. The summed E-state index contributed by atoms with van der Waals surface area (Å²) in [4.78, 5) is 0.408. The van der Waals surface area contributed by atoms with Gasteiger partial charge in [-0.05, 0) is 49.2 Å². The number of sulfonamides is 2. The normalized spacial score (nSPS) is 12.1. The third-order valence-electron chi connectivity index (χ3n) is 4.59. The summed E-state index contributed by atoms with van der Waals surface area (Å²) in [5.74, 6) is 0. The Hall–Kier alpha value is -2.52. The van der Waals surface area contributed by atoms with Gasteiger partial charge in [-0.2, -0.15) is 0 Å². The summed E-state index contributed by atoms with van der Waals surface area (Å²) in [6.45, 7) is 3.99. The third-order valence-corrected chi connectivity index (χ3v) is 7.42. The van der Waals surface area contributed by atoms with Crippen LogP contribution in [0.4, 0.5) is 0 Å². The molecule has 0 aromatic heterocycles. The van der Waals surface area contributed by atoms with Gasteiger partial charge in [-0.1, -0.05) is 59.7 Å². The number of hydrogen-bond acceptors (Lipinski definition) is 4. The van der Waals surface area contributed by atoms with Gasteiger partial charge in [-0.25, -0.2) is 26.3 Å². The molecule has 30 heavy (non-hydrogen) atoms. The number of rotatable bonds is 8. The lowest BCUT2D eigenvalue weighted by molar-refractivity contribution is 0.580. The number of hydrogen-bond donors (Lipinski definition) is 2. The molecule has 0 bridgehead atoms. The molecule has 2 N–H and O–H groups in total. The number of aryl methyl sites for hydroxylation is 2. The molecule has 3 rings (SSSR count). The lowest BCUT2D eigenvalue weighted by Gasteiger charge is -2.10. The van der Waals surface area contributed by atoms with Crippen molar-refractivity contribution in [3.8, 4) is 0 Å². The molecular formula is C22H24N2O4S2. The van der Waals surface area contributed by atoms with Crippen LogP contribution in [0.3, 0.4) is 0 Å². The van der Waals surface area contributed by atoms with E-state index in [0.717, 1.165) is 22.3 Å². The third kappa shape index (κ3) is 5.76. The summed E-state index contributed by atoms with van der Waals surface area (Å²) >= 11 is 0. The van der Waals surface area contributed by atoms with E-state index in [0.29, 0.717) is 0 Å². The van der Waals surface area contributed by atoms with Gasteiger partial charge in [0.05, 0.1) is 9.79 Å². The van der Waals surface area contributed by atoms with Gasteiger partial charge in [0.25, 0.3) is 0 Å². The van der Waals surface area contributed by atoms with E-state index in [1.807, 2.05) is 13.8 Å². The lowest BCUT2D eigenvalue weighted by atomic mass is 10.1. The molecule has 3 aromatic carbocycles. The van der Waals surface area contributed by atoms with Crippen molar-refractivity contribution in [2.24, 2.45) is 0 Å². The van der Waals surface area contributed by atoms with Crippen molar-refractivity contribution in [2.45, 2.75) is 36.7 Å². The highest BCUT2D eigenvalue weighted by Crippen LogP contribution is 2.13. The summed E-state index contributed by atoms with van der Waals surface area (Å²) < 4.78 is 54.9. The van der Waals surface area contributed by atoms with Crippen LogP contribution in [0.15, 0.2) is 82.6 Å². The van der Waals surface area contributed by atoms with Gasteiger partial charge in [-0.15, -0.1) is 0 Å². The van der Waals surface area contributed by atoms with Crippen LogP contribution in [-0.4, -0.2) is 16.8 Å². The predicted molar refractivity (Wildman–Crippen MR) is 117 cm³/mol. The van der Waals surface area contributed by atoms with Crippen molar-refractivity contribution in [2.75, 3.05) is 0 Å². The quantitative estimate of drug-likeness (QED) is 0.558. The van der Waals surface area contributed by atoms with Gasteiger partial charge in [0.1, 0.15) is 0 Å². The van der Waals surface area contributed by atoms with E-state index < -0.39 is 20.0 Å². The van der Waals surface area contributed by atoms with E-state index in [9.17, 15) is 16.8 Å². The maximum atomic E-state index is 12.4. The van der Waals surface area contributed by atoms with E-state index in [1.54, 1.807) is 72.8 Å². The minimum atomic E-state index is -3.62. The average molecular weight is 445 g/mol. The molecule has 158 valence electrons. The van der Waals surface area contributed by atoms with Crippen molar-refractivity contribution in [3.05, 3.63) is 95.1 Å². The summed E-state index contributed by atoms with van der Waals surface area (Å²) in [5.41, 5.74) is 3.43. The van der Waals surface area contributed by atoms with Crippen molar-refractivity contribution in [3.63, 3.8) is 0 Å². The molecule has 0 fully saturated rings. The zero-order valence-electron chi connectivity index (χ0n) is 16.8. The van der Waals surface area contributed by atoms with Crippen LogP contribution in [0, 0.1) is 13.8 Å². The Morgan fingerprint density at radius 1 is 0.600 bits per heavy atom. The Bertz CT molecular complexity index is 1120. The second kappa shape index (κ2) is 9.09. The van der Waals surface area contributed by atoms with E-state index in [1.165, 1.54) is 0 Å². The Morgan fingerprint density at radius 2 is 0.967 bits per heavy atom. The molecule has 0 atom stereocenters. The van der Waals surface area contributed by atoms with Crippen molar-refractivity contribution in [1.29, 1.82) is 0 Å². The highest BCUT2D eigenvalue weighted by molar-refractivity contribution is 7.89. The minimum Gasteiger partial charge on any atom is -0.207 e. The van der Waals surface area contributed by atoms with Gasteiger partial charge >= 0.3 is 0 Å². The van der Waals surface area contributed by atoms with Crippen LogP contribution < -0.4 is 9.44 Å². The molecular weight excluding hydrogens is 420 g/mol. The molecule has 0 heterocycles. The maximum Gasteiger partial charge on any atom is 0.240 e. The van der Waals surface area contributed by atoms with Crippen LogP contribution in [0.5, 0.6) is 0 Å². The lowest BCUT2D eigenvalue weighted by Crippen LogP contribution is -2.24. The van der Waals surface area contributed by atoms with Gasteiger partial charge in [0.2, 0.25) is 20.0 Å². The van der Waals surface area contributed by atoms with Crippen LogP contribution in [0.1, 0.15) is 22.3 Å². The van der Waals surface area contributed by atoms with Crippen molar-refractivity contribution in [1.82, 2.24) is 9.44 Å². The van der Waals surface area contributed by atoms with Gasteiger partial charge in [0, 0.05) is 13.1 Å². The topological polar surface area (TPSA) is 92.3 Å². The highest BCUT2D eigenvalue weighted by atomic mass is 32.2. The zero-order chi connectivity index (χ0) is 21.8. The first-order chi connectivity index (χ1) is 14.2. The molecule has 0 unspecified atom stereocenters. The van der Waals surface area contributed by atoms with Crippen LogP contribution in [0.25, 0.3) is 0 Å².